The molecule has 2 aromatic rings. The number of hydrogen-bond donors (Lipinski definition) is 0. The highest BCUT2D eigenvalue weighted by molar-refractivity contribution is 7.97. The van der Waals surface area contributed by atoms with Crippen LogP contribution in [-0.4, -0.2) is 14.2 Å². The number of sulfone groups is 1. The van der Waals surface area contributed by atoms with Crippen LogP contribution in [0.25, 0.3) is 6.08 Å². The van der Waals surface area contributed by atoms with Crippen LogP contribution in [0.15, 0.2) is 71.5 Å². The van der Waals surface area contributed by atoms with Gasteiger partial charge in [-0.25, -0.2) is 8.42 Å². The minimum Gasteiger partial charge on any atom is -0.289 e. The zero-order chi connectivity index (χ0) is 16.0. The molecule has 2 rings (SSSR count). The molecule has 0 heterocycles. The molecule has 0 bridgehead atoms. The Kier molecular flexibility index (Phi) is 5.31. The monoisotopic (exact) mass is 332 g/mol. The quantitative estimate of drug-likeness (QED) is 0.611. The van der Waals surface area contributed by atoms with Crippen molar-refractivity contribution in [2.45, 2.75) is 0 Å². The maximum Gasteiger partial charge on any atom is 0.193 e. The molecule has 0 radical (unpaired) electrons. The van der Waals surface area contributed by atoms with E-state index >= 15 is 0 Å². The molecule has 0 fully saturated rings. The smallest absolute Gasteiger partial charge is 0.193 e. The van der Waals surface area contributed by atoms with Crippen molar-refractivity contribution in [2.24, 2.45) is 0 Å². The summed E-state index contributed by atoms with van der Waals surface area (Å²) >= 11 is 5.73. The Bertz CT molecular complexity index is 805. The second-order valence-corrected chi connectivity index (χ2v) is 6.64. The molecule has 0 saturated heterocycles. The lowest BCUT2D eigenvalue weighted by atomic mass is 10.1. The van der Waals surface area contributed by atoms with Crippen LogP contribution in [0.2, 0.25) is 5.02 Å². The van der Waals surface area contributed by atoms with Crippen LogP contribution in [0.5, 0.6) is 0 Å². The van der Waals surface area contributed by atoms with Crippen LogP contribution in [0.1, 0.15) is 15.9 Å². The molecule has 0 unspecified atom stereocenters. The second-order valence-electron chi connectivity index (χ2n) is 4.48. The highest BCUT2D eigenvalue weighted by atomic mass is 35.5. The van der Waals surface area contributed by atoms with E-state index in [1.54, 1.807) is 36.4 Å². The number of rotatable bonds is 5. The third-order valence-corrected chi connectivity index (χ3v) is 4.07. The molecule has 22 heavy (non-hydrogen) atoms. The van der Waals surface area contributed by atoms with Crippen molar-refractivity contribution in [3.63, 3.8) is 0 Å². The Hall–Kier alpha value is -2.17. The Morgan fingerprint density at radius 3 is 2.18 bits per heavy atom. The van der Waals surface area contributed by atoms with Crippen LogP contribution in [0, 0.1) is 0 Å². The molecule has 0 N–H and O–H groups in total. The molecule has 0 aliphatic carbocycles. The summed E-state index contributed by atoms with van der Waals surface area (Å²) in [4.78, 5) is 11.9. The first-order valence-corrected chi connectivity index (χ1v) is 8.41. The first-order chi connectivity index (χ1) is 10.5. The van der Waals surface area contributed by atoms with E-state index < -0.39 is 15.6 Å². The minimum atomic E-state index is -3.60. The Morgan fingerprint density at radius 1 is 0.909 bits per heavy atom. The zero-order valence-electron chi connectivity index (χ0n) is 11.5. The van der Waals surface area contributed by atoms with Gasteiger partial charge in [-0.15, -0.1) is 0 Å². The van der Waals surface area contributed by atoms with E-state index in [0.717, 1.165) is 22.5 Å². The van der Waals surface area contributed by atoms with Gasteiger partial charge in [0.05, 0.1) is 0 Å². The van der Waals surface area contributed by atoms with Gasteiger partial charge in [0.25, 0.3) is 0 Å². The van der Waals surface area contributed by atoms with Gasteiger partial charge in [0.2, 0.25) is 0 Å². The predicted octanol–water partition coefficient (Wildman–Crippen LogP) is 4.12. The number of benzene rings is 2. The molecule has 0 aromatic heterocycles. The van der Waals surface area contributed by atoms with E-state index in [9.17, 15) is 13.2 Å². The van der Waals surface area contributed by atoms with E-state index in [0.29, 0.717) is 10.6 Å². The van der Waals surface area contributed by atoms with E-state index in [-0.39, 0.29) is 0 Å². The van der Waals surface area contributed by atoms with E-state index in [2.05, 4.69) is 0 Å². The van der Waals surface area contributed by atoms with E-state index in [1.165, 1.54) is 6.08 Å². The van der Waals surface area contributed by atoms with Crippen molar-refractivity contribution in [1.29, 1.82) is 0 Å². The maximum absolute atomic E-state index is 11.9. The van der Waals surface area contributed by atoms with Crippen molar-refractivity contribution in [2.75, 3.05) is 0 Å². The minimum absolute atomic E-state index is 0.378. The maximum atomic E-state index is 11.9. The lowest BCUT2D eigenvalue weighted by Gasteiger charge is -1.96. The summed E-state index contributed by atoms with van der Waals surface area (Å²) in [6.07, 6.45) is 2.51. The van der Waals surface area contributed by atoms with Crippen molar-refractivity contribution < 1.29 is 13.2 Å². The van der Waals surface area contributed by atoms with Gasteiger partial charge in [0.15, 0.2) is 15.6 Å². The fourth-order valence-corrected chi connectivity index (χ4v) is 2.53. The molecule has 5 heteroatoms. The summed E-state index contributed by atoms with van der Waals surface area (Å²) in [6, 6.07) is 15.3. The van der Waals surface area contributed by atoms with Crippen LogP contribution in [-0.2, 0) is 9.84 Å². The normalized spacial score (nSPS) is 12.0. The molecule has 0 aliphatic rings. The molecule has 0 saturated carbocycles. The third kappa shape index (κ3) is 4.98. The Labute approximate surface area is 134 Å². The summed E-state index contributed by atoms with van der Waals surface area (Å²) in [5.74, 6) is -0.395. The first-order valence-electron chi connectivity index (χ1n) is 6.42. The zero-order valence-corrected chi connectivity index (χ0v) is 13.1. The van der Waals surface area contributed by atoms with Gasteiger partial charge in [-0.1, -0.05) is 41.9 Å². The van der Waals surface area contributed by atoms with Crippen molar-refractivity contribution >= 4 is 33.3 Å². The number of carbonyl (C=O) groups is 1. The second kappa shape index (κ2) is 7.20. The van der Waals surface area contributed by atoms with Crippen molar-refractivity contribution in [3.8, 4) is 0 Å². The summed E-state index contributed by atoms with van der Waals surface area (Å²) in [7, 11) is -3.60. The van der Waals surface area contributed by atoms with Gasteiger partial charge in [0.1, 0.15) is 0 Å². The SMILES string of the molecule is O=C(/C=C/S(=O)(=O)/C=C/c1ccccc1)c1ccc(Cl)cc1. The molecule has 2 aromatic carbocycles. The number of halogens is 1. The van der Waals surface area contributed by atoms with E-state index in [1.807, 2.05) is 18.2 Å². The summed E-state index contributed by atoms with van der Waals surface area (Å²) in [5, 5.41) is 2.47. The van der Waals surface area contributed by atoms with Gasteiger partial charge in [-0.05, 0) is 42.0 Å². The molecule has 0 amide bonds. The Morgan fingerprint density at radius 2 is 1.55 bits per heavy atom. The van der Waals surface area contributed by atoms with Crippen LogP contribution in [0.4, 0.5) is 0 Å². The summed E-state index contributed by atoms with van der Waals surface area (Å²) in [5.41, 5.74) is 1.14. The topological polar surface area (TPSA) is 51.2 Å². The highest BCUT2D eigenvalue weighted by Gasteiger charge is 2.05. The fraction of sp³-hybridized carbons (Fsp3) is 0. The van der Waals surface area contributed by atoms with Gasteiger partial charge >= 0.3 is 0 Å². The number of carbonyl (C=O) groups excluding carboxylic acids is 1. The molecule has 0 aliphatic heterocycles. The van der Waals surface area contributed by atoms with Gasteiger partial charge in [0, 0.05) is 21.4 Å². The lowest BCUT2D eigenvalue weighted by Crippen LogP contribution is -1.96. The van der Waals surface area contributed by atoms with Gasteiger partial charge in [-0.3, -0.25) is 4.79 Å². The third-order valence-electron chi connectivity index (χ3n) is 2.79. The van der Waals surface area contributed by atoms with Crippen LogP contribution in [0.3, 0.4) is 0 Å². The number of ketones is 1. The number of hydrogen-bond acceptors (Lipinski definition) is 3. The molecule has 0 atom stereocenters. The average molecular weight is 333 g/mol. The first kappa shape index (κ1) is 16.2. The molecule has 0 spiro atoms. The standard InChI is InChI=1S/C17H13ClO3S/c18-16-8-6-15(7-9-16)17(19)11-13-22(20,21)12-10-14-4-2-1-3-5-14/h1-13H/b12-10+,13-11+. The van der Waals surface area contributed by atoms with Crippen LogP contribution < -0.4 is 0 Å². The van der Waals surface area contributed by atoms with Crippen molar-refractivity contribution in [3.05, 3.63) is 87.6 Å². The molecule has 112 valence electrons. The van der Waals surface area contributed by atoms with E-state index in [4.69, 9.17) is 11.6 Å². The van der Waals surface area contributed by atoms with Gasteiger partial charge in [-0.2, -0.15) is 0 Å². The molecule has 3 nitrogen and oxygen atoms in total. The summed E-state index contributed by atoms with van der Waals surface area (Å²) in [6.45, 7) is 0. The van der Waals surface area contributed by atoms with Crippen LogP contribution >= 0.6 is 11.6 Å². The lowest BCUT2D eigenvalue weighted by molar-refractivity contribution is 0.104. The highest BCUT2D eigenvalue weighted by Crippen LogP contribution is 2.11. The number of allylic oxidation sites excluding steroid dienone is 1. The predicted molar refractivity (Wildman–Crippen MR) is 89.3 cm³/mol. The van der Waals surface area contributed by atoms with Gasteiger partial charge < -0.3 is 0 Å². The fourth-order valence-electron chi connectivity index (χ4n) is 1.65. The van der Waals surface area contributed by atoms with Crippen molar-refractivity contribution in [1.82, 2.24) is 0 Å². The summed E-state index contributed by atoms with van der Waals surface area (Å²) < 4.78 is 23.7. The molecular weight excluding hydrogens is 320 g/mol. The molecular formula is C17H13ClO3S. The Balaban J connectivity index is 2.09. The average Bonchev–Trinajstić information content (AvgIpc) is 2.53. The largest absolute Gasteiger partial charge is 0.289 e.